The molecule has 26 heavy (non-hydrogen) atoms. The Morgan fingerprint density at radius 3 is 2.46 bits per heavy atom. The van der Waals surface area contributed by atoms with Crippen LogP contribution in [0, 0.1) is 0 Å². The van der Waals surface area contributed by atoms with Gasteiger partial charge in [-0.2, -0.15) is 5.10 Å². The number of carbonyl (C=O) groups excluding carboxylic acids is 1. The molecule has 1 amide bonds. The first kappa shape index (κ1) is 18.2. The lowest BCUT2D eigenvalue weighted by Gasteiger charge is -2.26. The van der Waals surface area contributed by atoms with Crippen molar-refractivity contribution in [2.24, 2.45) is 0 Å². The normalized spacial score (nSPS) is 11.7. The molecule has 4 heteroatoms. The number of fused-ring (bicyclic) bond motifs is 1. The number of benzene rings is 2. The van der Waals surface area contributed by atoms with Gasteiger partial charge in [0.15, 0.2) is 5.69 Å². The Morgan fingerprint density at radius 1 is 1.04 bits per heavy atom. The predicted molar refractivity (Wildman–Crippen MR) is 106 cm³/mol. The molecule has 2 aromatic carbocycles. The standard InChI is InChI=1S/C22H27N3O/c1-4-5-11-16-25-19-15-10-9-14-18(19)20(24-25)21(26)23-22(2,3)17-12-7-6-8-13-17/h6-10,12-15H,4-5,11,16H2,1-3H3,(H,23,26). The Morgan fingerprint density at radius 2 is 1.73 bits per heavy atom. The van der Waals surface area contributed by atoms with Crippen LogP contribution in [0.2, 0.25) is 0 Å². The van der Waals surface area contributed by atoms with Crippen molar-refractivity contribution in [3.63, 3.8) is 0 Å². The molecule has 136 valence electrons. The summed E-state index contributed by atoms with van der Waals surface area (Å²) in [6.45, 7) is 7.05. The van der Waals surface area contributed by atoms with Crippen LogP contribution < -0.4 is 5.32 Å². The molecule has 1 N–H and O–H groups in total. The molecular weight excluding hydrogens is 322 g/mol. The summed E-state index contributed by atoms with van der Waals surface area (Å²) in [4.78, 5) is 13.0. The van der Waals surface area contributed by atoms with Gasteiger partial charge in [0.25, 0.3) is 5.91 Å². The number of hydrogen-bond acceptors (Lipinski definition) is 2. The first-order chi connectivity index (χ1) is 12.5. The first-order valence-corrected chi connectivity index (χ1v) is 9.36. The van der Waals surface area contributed by atoms with E-state index in [0.717, 1.165) is 42.3 Å². The van der Waals surface area contributed by atoms with Gasteiger partial charge in [-0.1, -0.05) is 68.3 Å². The van der Waals surface area contributed by atoms with E-state index in [4.69, 9.17) is 0 Å². The topological polar surface area (TPSA) is 46.9 Å². The molecule has 0 bridgehead atoms. The molecule has 0 saturated heterocycles. The molecule has 0 atom stereocenters. The lowest BCUT2D eigenvalue weighted by molar-refractivity contribution is 0.0907. The Hall–Kier alpha value is -2.62. The van der Waals surface area contributed by atoms with Crippen LogP contribution in [0.25, 0.3) is 10.9 Å². The number of amides is 1. The fourth-order valence-corrected chi connectivity index (χ4v) is 3.25. The van der Waals surface area contributed by atoms with Gasteiger partial charge < -0.3 is 5.32 Å². The average molecular weight is 349 g/mol. The summed E-state index contributed by atoms with van der Waals surface area (Å²) in [5, 5.41) is 8.70. The van der Waals surface area contributed by atoms with E-state index in [0.29, 0.717) is 5.69 Å². The highest BCUT2D eigenvalue weighted by Crippen LogP contribution is 2.23. The predicted octanol–water partition coefficient (Wildman–Crippen LogP) is 4.89. The van der Waals surface area contributed by atoms with Gasteiger partial charge in [-0.3, -0.25) is 9.48 Å². The zero-order valence-electron chi connectivity index (χ0n) is 15.8. The number of aryl methyl sites for hydroxylation is 1. The Balaban J connectivity index is 1.88. The molecule has 1 heterocycles. The summed E-state index contributed by atoms with van der Waals surface area (Å²) in [5.41, 5.74) is 2.12. The van der Waals surface area contributed by atoms with Crippen molar-refractivity contribution in [2.75, 3.05) is 0 Å². The molecule has 0 aliphatic carbocycles. The van der Waals surface area contributed by atoms with E-state index in [9.17, 15) is 4.79 Å². The Kier molecular flexibility index (Phi) is 5.40. The van der Waals surface area contributed by atoms with E-state index in [2.05, 4.69) is 17.3 Å². The van der Waals surface area contributed by atoms with Gasteiger partial charge in [0, 0.05) is 11.9 Å². The smallest absolute Gasteiger partial charge is 0.273 e. The number of aromatic nitrogens is 2. The summed E-state index contributed by atoms with van der Waals surface area (Å²) in [6, 6.07) is 18.0. The van der Waals surface area contributed by atoms with Gasteiger partial charge in [-0.15, -0.1) is 0 Å². The number of para-hydroxylation sites is 1. The highest BCUT2D eigenvalue weighted by atomic mass is 16.2. The van der Waals surface area contributed by atoms with Crippen LogP contribution in [0.5, 0.6) is 0 Å². The third-order valence-corrected chi connectivity index (χ3v) is 4.77. The minimum atomic E-state index is -0.467. The van der Waals surface area contributed by atoms with Crippen molar-refractivity contribution in [1.29, 1.82) is 0 Å². The van der Waals surface area contributed by atoms with Crippen molar-refractivity contribution >= 4 is 16.8 Å². The molecule has 0 unspecified atom stereocenters. The minimum absolute atomic E-state index is 0.135. The lowest BCUT2D eigenvalue weighted by Crippen LogP contribution is -2.41. The van der Waals surface area contributed by atoms with Crippen LogP contribution in [0.1, 0.15) is 56.1 Å². The molecule has 0 aliphatic heterocycles. The van der Waals surface area contributed by atoms with Gasteiger partial charge in [-0.05, 0) is 31.9 Å². The second-order valence-electron chi connectivity index (χ2n) is 7.24. The van der Waals surface area contributed by atoms with Crippen LogP contribution in [0.15, 0.2) is 54.6 Å². The van der Waals surface area contributed by atoms with Crippen molar-refractivity contribution in [3.05, 3.63) is 65.9 Å². The van der Waals surface area contributed by atoms with Crippen LogP contribution in [0.3, 0.4) is 0 Å². The van der Waals surface area contributed by atoms with Crippen LogP contribution in [-0.4, -0.2) is 15.7 Å². The van der Waals surface area contributed by atoms with Crippen molar-refractivity contribution in [2.45, 2.75) is 52.1 Å². The maximum Gasteiger partial charge on any atom is 0.273 e. The third kappa shape index (κ3) is 3.79. The molecule has 3 rings (SSSR count). The fourth-order valence-electron chi connectivity index (χ4n) is 3.25. The van der Waals surface area contributed by atoms with Crippen molar-refractivity contribution in [1.82, 2.24) is 15.1 Å². The summed E-state index contributed by atoms with van der Waals surface area (Å²) < 4.78 is 1.97. The van der Waals surface area contributed by atoms with E-state index < -0.39 is 5.54 Å². The van der Waals surface area contributed by atoms with Gasteiger partial charge in [0.2, 0.25) is 0 Å². The van der Waals surface area contributed by atoms with Crippen LogP contribution >= 0.6 is 0 Å². The Labute approximate surface area is 155 Å². The van der Waals surface area contributed by atoms with Crippen LogP contribution in [-0.2, 0) is 12.1 Å². The zero-order chi connectivity index (χ0) is 18.6. The second-order valence-corrected chi connectivity index (χ2v) is 7.24. The van der Waals surface area contributed by atoms with Crippen LogP contribution in [0.4, 0.5) is 0 Å². The summed E-state index contributed by atoms with van der Waals surface area (Å²) >= 11 is 0. The highest BCUT2D eigenvalue weighted by molar-refractivity contribution is 6.05. The molecular formula is C22H27N3O. The van der Waals surface area contributed by atoms with E-state index in [1.54, 1.807) is 0 Å². The number of unbranched alkanes of at least 4 members (excludes halogenated alkanes) is 2. The summed E-state index contributed by atoms with van der Waals surface area (Å²) in [5.74, 6) is -0.135. The molecule has 1 aromatic heterocycles. The number of nitrogens with one attached hydrogen (secondary N) is 1. The minimum Gasteiger partial charge on any atom is -0.342 e. The molecule has 0 aliphatic rings. The number of rotatable bonds is 7. The number of nitrogens with zero attached hydrogens (tertiary/aromatic N) is 2. The maximum atomic E-state index is 13.0. The molecule has 0 saturated carbocycles. The van der Waals surface area contributed by atoms with E-state index in [-0.39, 0.29) is 5.91 Å². The summed E-state index contributed by atoms with van der Waals surface area (Å²) in [7, 11) is 0. The number of carbonyl (C=O) groups is 1. The SMILES string of the molecule is CCCCCn1nc(C(=O)NC(C)(C)c2ccccc2)c2ccccc21. The van der Waals surface area contributed by atoms with Gasteiger partial charge in [0.05, 0.1) is 11.1 Å². The monoisotopic (exact) mass is 349 g/mol. The largest absolute Gasteiger partial charge is 0.342 e. The number of hydrogen-bond donors (Lipinski definition) is 1. The second kappa shape index (κ2) is 7.73. The maximum absolute atomic E-state index is 13.0. The lowest BCUT2D eigenvalue weighted by atomic mass is 9.94. The molecule has 0 radical (unpaired) electrons. The van der Waals surface area contributed by atoms with E-state index >= 15 is 0 Å². The first-order valence-electron chi connectivity index (χ1n) is 9.36. The van der Waals surface area contributed by atoms with E-state index in [1.165, 1.54) is 0 Å². The van der Waals surface area contributed by atoms with Gasteiger partial charge >= 0.3 is 0 Å². The molecule has 3 aromatic rings. The highest BCUT2D eigenvalue weighted by Gasteiger charge is 2.26. The third-order valence-electron chi connectivity index (χ3n) is 4.77. The van der Waals surface area contributed by atoms with Gasteiger partial charge in [-0.25, -0.2) is 0 Å². The zero-order valence-corrected chi connectivity index (χ0v) is 15.8. The quantitative estimate of drug-likeness (QED) is 0.617. The fraction of sp³-hybridized carbons (Fsp3) is 0.364. The van der Waals surface area contributed by atoms with Gasteiger partial charge in [0.1, 0.15) is 0 Å². The van der Waals surface area contributed by atoms with Crippen molar-refractivity contribution in [3.8, 4) is 0 Å². The Bertz CT molecular complexity index is 881. The molecule has 0 spiro atoms. The van der Waals surface area contributed by atoms with E-state index in [1.807, 2.05) is 73.1 Å². The molecule has 4 nitrogen and oxygen atoms in total. The van der Waals surface area contributed by atoms with Crippen molar-refractivity contribution < 1.29 is 4.79 Å². The summed E-state index contributed by atoms with van der Waals surface area (Å²) in [6.07, 6.45) is 3.40. The average Bonchev–Trinajstić information content (AvgIpc) is 3.02. The molecule has 0 fully saturated rings.